The molecule has 1 aromatic heterocycles. The van der Waals surface area contributed by atoms with E-state index < -0.39 is 0 Å². The summed E-state index contributed by atoms with van der Waals surface area (Å²) < 4.78 is 0. The van der Waals surface area contributed by atoms with Crippen molar-refractivity contribution >= 4 is 41.0 Å². The topological polar surface area (TPSA) is 62.3 Å². The zero-order valence-corrected chi connectivity index (χ0v) is 14.8. The molecule has 0 aromatic carbocycles. The number of carbonyl (C=O) groups excluding carboxylic acids is 2. The third-order valence-corrected chi connectivity index (χ3v) is 5.14. The van der Waals surface area contributed by atoms with Gasteiger partial charge in [0.2, 0.25) is 11.8 Å². The number of aromatic nitrogens is 1. The highest BCUT2D eigenvalue weighted by Gasteiger charge is 2.27. The molecule has 23 heavy (non-hydrogen) atoms. The maximum absolute atomic E-state index is 12.2. The van der Waals surface area contributed by atoms with Crippen LogP contribution in [0.3, 0.4) is 0 Å². The first-order chi connectivity index (χ1) is 11.1. The van der Waals surface area contributed by atoms with Crippen LogP contribution in [0.25, 0.3) is 0 Å². The second-order valence-corrected chi connectivity index (χ2v) is 7.10. The average Bonchev–Trinajstić information content (AvgIpc) is 2.57. The summed E-state index contributed by atoms with van der Waals surface area (Å²) in [5.74, 6) is 2.14. The van der Waals surface area contributed by atoms with Gasteiger partial charge in [-0.05, 0) is 37.1 Å². The Kier molecular flexibility index (Phi) is 7.17. The van der Waals surface area contributed by atoms with Gasteiger partial charge in [0.05, 0.1) is 10.8 Å². The van der Waals surface area contributed by atoms with E-state index in [1.54, 1.807) is 23.9 Å². The zero-order chi connectivity index (χ0) is 16.7. The van der Waals surface area contributed by atoms with Crippen LogP contribution in [0.15, 0.2) is 18.3 Å². The molecule has 0 radical (unpaired) electrons. The molecule has 2 heterocycles. The molecule has 1 N–H and O–H groups in total. The Morgan fingerprint density at radius 1 is 1.39 bits per heavy atom. The maximum atomic E-state index is 12.2. The number of amides is 2. The Labute approximate surface area is 146 Å². The zero-order valence-electron chi connectivity index (χ0n) is 13.3. The van der Waals surface area contributed by atoms with E-state index in [9.17, 15) is 9.59 Å². The fourth-order valence-electron chi connectivity index (χ4n) is 2.46. The highest BCUT2D eigenvalue weighted by atomic mass is 35.5. The molecule has 1 aromatic rings. The molecule has 0 saturated carbocycles. The lowest BCUT2D eigenvalue weighted by atomic mass is 9.96. The number of anilines is 1. The van der Waals surface area contributed by atoms with Gasteiger partial charge in [0.1, 0.15) is 5.82 Å². The predicted molar refractivity (Wildman–Crippen MR) is 94.8 cm³/mol. The normalized spacial score (nSPS) is 15.5. The van der Waals surface area contributed by atoms with E-state index >= 15 is 0 Å². The molecule has 1 aliphatic rings. The lowest BCUT2D eigenvalue weighted by Crippen LogP contribution is -2.42. The second kappa shape index (κ2) is 9.13. The lowest BCUT2D eigenvalue weighted by molar-refractivity contribution is -0.132. The van der Waals surface area contributed by atoms with Crippen molar-refractivity contribution in [2.75, 3.05) is 29.9 Å². The van der Waals surface area contributed by atoms with Crippen molar-refractivity contribution in [3.05, 3.63) is 23.4 Å². The first-order valence-electron chi connectivity index (χ1n) is 7.88. The third kappa shape index (κ3) is 5.70. The number of thioether (sulfide) groups is 1. The summed E-state index contributed by atoms with van der Waals surface area (Å²) in [7, 11) is 0. The third-order valence-electron chi connectivity index (χ3n) is 3.77. The molecule has 1 aliphatic heterocycles. The van der Waals surface area contributed by atoms with Gasteiger partial charge in [0, 0.05) is 25.2 Å². The molecule has 0 spiro atoms. The van der Waals surface area contributed by atoms with E-state index in [4.69, 9.17) is 11.6 Å². The van der Waals surface area contributed by atoms with Crippen molar-refractivity contribution in [3.8, 4) is 0 Å². The molecule has 1 saturated heterocycles. The Bertz CT molecular complexity index is 531. The minimum atomic E-state index is -0.0696. The van der Waals surface area contributed by atoms with E-state index in [2.05, 4.69) is 17.2 Å². The molecule has 0 unspecified atom stereocenters. The number of nitrogens with zero attached hydrogens (tertiary/aromatic N) is 2. The van der Waals surface area contributed by atoms with Crippen molar-refractivity contribution in [3.63, 3.8) is 0 Å². The minimum Gasteiger partial charge on any atom is -0.342 e. The summed E-state index contributed by atoms with van der Waals surface area (Å²) in [5, 5.41) is 3.35. The van der Waals surface area contributed by atoms with Crippen LogP contribution in [0.5, 0.6) is 0 Å². The van der Waals surface area contributed by atoms with E-state index in [1.807, 2.05) is 4.90 Å². The van der Waals surface area contributed by atoms with E-state index in [0.29, 0.717) is 42.5 Å². The van der Waals surface area contributed by atoms with Gasteiger partial charge in [-0.3, -0.25) is 9.59 Å². The smallest absolute Gasteiger partial charge is 0.232 e. The number of likely N-dealkylation sites (tertiary alicyclic amines) is 1. The van der Waals surface area contributed by atoms with Gasteiger partial charge in [-0.2, -0.15) is 11.8 Å². The summed E-state index contributed by atoms with van der Waals surface area (Å²) in [5.41, 5.74) is 0. The number of rotatable bonds is 6. The molecule has 1 fully saturated rings. The maximum Gasteiger partial charge on any atom is 0.232 e. The molecule has 2 rings (SSSR count). The van der Waals surface area contributed by atoms with E-state index in [0.717, 1.165) is 12.2 Å². The highest BCUT2D eigenvalue weighted by Crippen LogP contribution is 2.20. The first-order valence-corrected chi connectivity index (χ1v) is 9.41. The fourth-order valence-corrected chi connectivity index (χ4v) is 3.37. The summed E-state index contributed by atoms with van der Waals surface area (Å²) in [6, 6.07) is 3.38. The molecule has 2 amide bonds. The van der Waals surface area contributed by atoms with E-state index in [1.165, 1.54) is 6.20 Å². The van der Waals surface area contributed by atoms with Crippen molar-refractivity contribution in [2.45, 2.75) is 26.2 Å². The van der Waals surface area contributed by atoms with Crippen LogP contribution in [0.1, 0.15) is 26.2 Å². The Hall–Kier alpha value is -1.27. The molecule has 0 aliphatic carbocycles. The molecular formula is C16H22ClN3O2S. The van der Waals surface area contributed by atoms with Gasteiger partial charge in [0.25, 0.3) is 0 Å². The minimum absolute atomic E-state index is 0.0349. The number of hydrogen-bond donors (Lipinski definition) is 1. The first kappa shape index (κ1) is 18.1. The summed E-state index contributed by atoms with van der Waals surface area (Å²) >= 11 is 7.45. The van der Waals surface area contributed by atoms with Crippen LogP contribution >= 0.6 is 23.4 Å². The standard InChI is InChI=1S/C16H22ClN3O2S/c1-2-9-23-11-15(21)20-7-5-12(6-8-20)16(22)19-14-4-3-13(17)10-18-14/h3-4,10,12H,2,5-9,11H2,1H3,(H,18,19,22). The molecule has 5 nitrogen and oxygen atoms in total. The number of pyridine rings is 1. The van der Waals surface area contributed by atoms with Crippen molar-refractivity contribution < 1.29 is 9.59 Å². The molecular weight excluding hydrogens is 334 g/mol. The number of piperidine rings is 1. The second-order valence-electron chi connectivity index (χ2n) is 5.56. The van der Waals surface area contributed by atoms with Crippen LogP contribution in [-0.4, -0.2) is 46.3 Å². The average molecular weight is 356 g/mol. The lowest BCUT2D eigenvalue weighted by Gasteiger charge is -2.31. The van der Waals surface area contributed by atoms with Gasteiger partial charge >= 0.3 is 0 Å². The largest absolute Gasteiger partial charge is 0.342 e. The van der Waals surface area contributed by atoms with Crippen molar-refractivity contribution in [2.24, 2.45) is 5.92 Å². The van der Waals surface area contributed by atoms with Gasteiger partial charge < -0.3 is 10.2 Å². The van der Waals surface area contributed by atoms with Crippen molar-refractivity contribution in [1.29, 1.82) is 0 Å². The van der Waals surface area contributed by atoms with Crippen molar-refractivity contribution in [1.82, 2.24) is 9.88 Å². The summed E-state index contributed by atoms with van der Waals surface area (Å²) in [6.07, 6.45) is 3.98. The molecule has 0 atom stereocenters. The quantitative estimate of drug-likeness (QED) is 0.796. The Morgan fingerprint density at radius 3 is 2.74 bits per heavy atom. The Morgan fingerprint density at radius 2 is 2.13 bits per heavy atom. The number of halogens is 1. The molecule has 0 bridgehead atoms. The number of nitrogens with one attached hydrogen (secondary N) is 1. The van der Waals surface area contributed by atoms with Crippen LogP contribution < -0.4 is 5.32 Å². The van der Waals surface area contributed by atoms with Gasteiger partial charge in [-0.15, -0.1) is 0 Å². The molecule has 126 valence electrons. The predicted octanol–water partition coefficient (Wildman–Crippen LogP) is 3.06. The van der Waals surface area contributed by atoms with Crippen LogP contribution in [0, 0.1) is 5.92 Å². The fraction of sp³-hybridized carbons (Fsp3) is 0.562. The van der Waals surface area contributed by atoms with Gasteiger partial charge in [-0.1, -0.05) is 18.5 Å². The molecule has 7 heteroatoms. The van der Waals surface area contributed by atoms with E-state index in [-0.39, 0.29) is 17.7 Å². The van der Waals surface area contributed by atoms with Crippen LogP contribution in [-0.2, 0) is 9.59 Å². The highest BCUT2D eigenvalue weighted by molar-refractivity contribution is 7.99. The van der Waals surface area contributed by atoms with Crippen LogP contribution in [0.2, 0.25) is 5.02 Å². The number of hydrogen-bond acceptors (Lipinski definition) is 4. The SMILES string of the molecule is CCCSCC(=O)N1CCC(C(=O)Nc2ccc(Cl)cn2)CC1. The summed E-state index contributed by atoms with van der Waals surface area (Å²) in [6.45, 7) is 3.41. The Balaban J connectivity index is 1.76. The summed E-state index contributed by atoms with van der Waals surface area (Å²) in [4.78, 5) is 30.2. The number of carbonyl (C=O) groups is 2. The van der Waals surface area contributed by atoms with Gasteiger partial charge in [0.15, 0.2) is 0 Å². The monoisotopic (exact) mass is 355 g/mol. The van der Waals surface area contributed by atoms with Gasteiger partial charge in [-0.25, -0.2) is 4.98 Å². The van der Waals surface area contributed by atoms with Crippen LogP contribution in [0.4, 0.5) is 5.82 Å².